The van der Waals surface area contributed by atoms with Crippen LogP contribution in [-0.2, 0) is 7.05 Å². The lowest BCUT2D eigenvalue weighted by molar-refractivity contribution is 0.787. The quantitative estimate of drug-likeness (QED) is 0.545. The molecule has 5 heteroatoms. The van der Waals surface area contributed by atoms with Crippen molar-refractivity contribution in [2.75, 3.05) is 0 Å². The van der Waals surface area contributed by atoms with E-state index < -0.39 is 0 Å². The van der Waals surface area contributed by atoms with Gasteiger partial charge in [0.05, 0.1) is 10.9 Å². The molecule has 0 saturated carbocycles. The fourth-order valence-corrected chi connectivity index (χ4v) is 2.14. The Kier molecular flexibility index (Phi) is 2.07. The van der Waals surface area contributed by atoms with Crippen LogP contribution >= 0.6 is 38.5 Å². The summed E-state index contributed by atoms with van der Waals surface area (Å²) in [6.07, 6.45) is 1.83. The zero-order valence-corrected chi connectivity index (χ0v) is 10.00. The first-order chi connectivity index (χ1) is 5.68. The third-order valence-electron chi connectivity index (χ3n) is 1.66. The van der Waals surface area contributed by atoms with Crippen LogP contribution in [0.3, 0.4) is 0 Å². The number of pyridine rings is 1. The Balaban J connectivity index is 2.90. The molecule has 0 aliphatic heterocycles. The van der Waals surface area contributed by atoms with Crippen molar-refractivity contribution < 1.29 is 0 Å². The molecule has 0 amide bonds. The molecule has 0 saturated heterocycles. The van der Waals surface area contributed by atoms with Crippen molar-refractivity contribution >= 4 is 49.4 Å². The number of aromatic nitrogens is 3. The molecule has 0 aliphatic carbocycles. The van der Waals surface area contributed by atoms with Crippen molar-refractivity contribution in [3.63, 3.8) is 0 Å². The summed E-state index contributed by atoms with van der Waals surface area (Å²) < 4.78 is 3.68. The molecule has 0 radical (unpaired) electrons. The van der Waals surface area contributed by atoms with E-state index >= 15 is 0 Å². The standard InChI is InChI=1S/C7H5BrIN3/c1-12-5-2-6(8)10-3-4(5)7(9)11-12/h2-3H,1H3. The summed E-state index contributed by atoms with van der Waals surface area (Å²) in [6, 6.07) is 1.96. The highest BCUT2D eigenvalue weighted by atomic mass is 127. The molecule has 2 aromatic heterocycles. The first-order valence-corrected chi connectivity index (χ1v) is 5.19. The van der Waals surface area contributed by atoms with E-state index in [4.69, 9.17) is 0 Å². The number of aryl methyl sites for hydroxylation is 1. The van der Waals surface area contributed by atoms with Crippen LogP contribution < -0.4 is 0 Å². The van der Waals surface area contributed by atoms with Gasteiger partial charge in [0.25, 0.3) is 0 Å². The minimum Gasteiger partial charge on any atom is -0.267 e. The molecule has 0 atom stereocenters. The van der Waals surface area contributed by atoms with Gasteiger partial charge in [-0.1, -0.05) is 0 Å². The maximum atomic E-state index is 4.27. The molecule has 3 nitrogen and oxygen atoms in total. The monoisotopic (exact) mass is 337 g/mol. The maximum absolute atomic E-state index is 4.27. The van der Waals surface area contributed by atoms with Crippen molar-refractivity contribution in [1.29, 1.82) is 0 Å². The molecule has 0 aromatic carbocycles. The van der Waals surface area contributed by atoms with Crippen LogP contribution in [-0.4, -0.2) is 14.8 Å². The zero-order valence-electron chi connectivity index (χ0n) is 6.25. The molecule has 0 N–H and O–H groups in total. The summed E-state index contributed by atoms with van der Waals surface area (Å²) in [6.45, 7) is 0. The highest BCUT2D eigenvalue weighted by Crippen LogP contribution is 2.20. The average molecular weight is 338 g/mol. The Morgan fingerprint density at radius 2 is 2.33 bits per heavy atom. The van der Waals surface area contributed by atoms with Crippen LogP contribution in [0.25, 0.3) is 10.9 Å². The SMILES string of the molecule is Cn1nc(I)c2cnc(Br)cc21. The van der Waals surface area contributed by atoms with Gasteiger partial charge in [-0.15, -0.1) is 0 Å². The predicted octanol–water partition coefficient (Wildman–Crippen LogP) is 2.34. The molecule has 62 valence electrons. The van der Waals surface area contributed by atoms with Crippen molar-refractivity contribution in [2.45, 2.75) is 0 Å². The summed E-state index contributed by atoms with van der Waals surface area (Å²) >= 11 is 5.52. The van der Waals surface area contributed by atoms with Crippen LogP contribution in [0.5, 0.6) is 0 Å². The summed E-state index contributed by atoms with van der Waals surface area (Å²) in [5.41, 5.74) is 1.10. The van der Waals surface area contributed by atoms with Gasteiger partial charge in [0, 0.05) is 13.2 Å². The fourth-order valence-electron chi connectivity index (χ4n) is 1.09. The minimum atomic E-state index is 0.842. The van der Waals surface area contributed by atoms with Crippen LogP contribution in [0.2, 0.25) is 0 Å². The Morgan fingerprint density at radius 1 is 1.58 bits per heavy atom. The van der Waals surface area contributed by atoms with Crippen LogP contribution in [0.15, 0.2) is 16.9 Å². The van der Waals surface area contributed by atoms with Crippen molar-refractivity contribution in [3.05, 3.63) is 20.6 Å². The number of rotatable bonds is 0. The number of hydrogen-bond acceptors (Lipinski definition) is 2. The lowest BCUT2D eigenvalue weighted by Gasteiger charge is -1.92. The van der Waals surface area contributed by atoms with Crippen molar-refractivity contribution in [2.24, 2.45) is 7.05 Å². The number of halogens is 2. The molecule has 2 aromatic rings. The third kappa shape index (κ3) is 1.24. The van der Waals surface area contributed by atoms with E-state index in [1.807, 2.05) is 24.0 Å². The van der Waals surface area contributed by atoms with Gasteiger partial charge in [-0.25, -0.2) is 4.98 Å². The Morgan fingerprint density at radius 3 is 3.08 bits per heavy atom. The van der Waals surface area contributed by atoms with Gasteiger partial charge in [0.2, 0.25) is 0 Å². The van der Waals surface area contributed by atoms with Gasteiger partial charge < -0.3 is 0 Å². The van der Waals surface area contributed by atoms with E-state index in [-0.39, 0.29) is 0 Å². The summed E-state index contributed by atoms with van der Waals surface area (Å²) in [5, 5.41) is 5.37. The van der Waals surface area contributed by atoms with Gasteiger partial charge >= 0.3 is 0 Å². The van der Waals surface area contributed by atoms with E-state index in [0.717, 1.165) is 19.2 Å². The van der Waals surface area contributed by atoms with Gasteiger partial charge in [-0.05, 0) is 44.6 Å². The first kappa shape index (κ1) is 8.43. The number of fused-ring (bicyclic) bond motifs is 1. The fraction of sp³-hybridized carbons (Fsp3) is 0.143. The van der Waals surface area contributed by atoms with Gasteiger partial charge in [0.15, 0.2) is 0 Å². The van der Waals surface area contributed by atoms with E-state index in [0.29, 0.717) is 0 Å². The van der Waals surface area contributed by atoms with E-state index in [1.54, 1.807) is 0 Å². The van der Waals surface area contributed by atoms with Gasteiger partial charge in [-0.2, -0.15) is 5.10 Å². The highest BCUT2D eigenvalue weighted by molar-refractivity contribution is 14.1. The first-order valence-electron chi connectivity index (χ1n) is 3.32. The van der Waals surface area contributed by atoms with E-state index in [2.05, 4.69) is 48.6 Å². The van der Waals surface area contributed by atoms with Crippen molar-refractivity contribution in [1.82, 2.24) is 14.8 Å². The van der Waals surface area contributed by atoms with E-state index in [9.17, 15) is 0 Å². The highest BCUT2D eigenvalue weighted by Gasteiger charge is 2.05. The second kappa shape index (κ2) is 2.95. The molecule has 2 rings (SSSR count). The predicted molar refractivity (Wildman–Crippen MR) is 58.9 cm³/mol. The molecular weight excluding hydrogens is 333 g/mol. The Bertz CT molecular complexity index is 437. The second-order valence-electron chi connectivity index (χ2n) is 2.44. The van der Waals surface area contributed by atoms with E-state index in [1.165, 1.54) is 0 Å². The molecule has 12 heavy (non-hydrogen) atoms. The molecule has 0 unspecified atom stereocenters. The molecule has 0 spiro atoms. The zero-order chi connectivity index (χ0) is 8.72. The normalized spacial score (nSPS) is 10.9. The number of hydrogen-bond donors (Lipinski definition) is 0. The lowest BCUT2D eigenvalue weighted by Crippen LogP contribution is -1.89. The Hall–Kier alpha value is -0.170. The third-order valence-corrected chi connectivity index (χ3v) is 2.89. The van der Waals surface area contributed by atoms with Gasteiger partial charge in [0.1, 0.15) is 8.30 Å². The van der Waals surface area contributed by atoms with Crippen molar-refractivity contribution in [3.8, 4) is 0 Å². The van der Waals surface area contributed by atoms with Crippen LogP contribution in [0.4, 0.5) is 0 Å². The average Bonchev–Trinajstić information content (AvgIpc) is 2.28. The molecule has 0 bridgehead atoms. The lowest BCUT2D eigenvalue weighted by atomic mass is 10.3. The molecule has 0 fully saturated rings. The summed E-state index contributed by atoms with van der Waals surface area (Å²) in [5.74, 6) is 0. The summed E-state index contributed by atoms with van der Waals surface area (Å²) in [4.78, 5) is 4.14. The number of nitrogens with zero attached hydrogens (tertiary/aromatic N) is 3. The Labute approximate surface area is 91.4 Å². The molecule has 0 aliphatic rings. The second-order valence-corrected chi connectivity index (χ2v) is 4.27. The molecular formula is C7H5BrIN3. The minimum absolute atomic E-state index is 0.842. The maximum Gasteiger partial charge on any atom is 0.132 e. The topological polar surface area (TPSA) is 30.7 Å². The van der Waals surface area contributed by atoms with Crippen LogP contribution in [0.1, 0.15) is 0 Å². The molecule has 2 heterocycles. The largest absolute Gasteiger partial charge is 0.267 e. The smallest absolute Gasteiger partial charge is 0.132 e. The van der Waals surface area contributed by atoms with Crippen LogP contribution in [0, 0.1) is 3.70 Å². The van der Waals surface area contributed by atoms with Gasteiger partial charge in [-0.3, -0.25) is 4.68 Å². The summed E-state index contributed by atoms with van der Waals surface area (Å²) in [7, 11) is 1.93.